The first-order chi connectivity index (χ1) is 7.06. The maximum Gasteiger partial charge on any atom is 0.494 e. The van der Waals surface area contributed by atoms with Gasteiger partial charge in [-0.2, -0.15) is 0 Å². The van der Waals surface area contributed by atoms with E-state index < -0.39 is 0 Å². The summed E-state index contributed by atoms with van der Waals surface area (Å²) >= 11 is 0. The van der Waals surface area contributed by atoms with Crippen LogP contribution in [0.5, 0.6) is 0 Å². The molecular formula is C11H16BNO2. The van der Waals surface area contributed by atoms with E-state index >= 15 is 0 Å². The molecule has 3 nitrogen and oxygen atoms in total. The van der Waals surface area contributed by atoms with Crippen molar-refractivity contribution in [2.24, 2.45) is 5.73 Å². The number of nitrogens with two attached hydrogens (primary N) is 1. The van der Waals surface area contributed by atoms with E-state index in [1.165, 1.54) is 5.56 Å². The number of hydrogen-bond donors (Lipinski definition) is 1. The molecule has 0 atom stereocenters. The van der Waals surface area contributed by atoms with Gasteiger partial charge in [0.2, 0.25) is 0 Å². The van der Waals surface area contributed by atoms with Crippen LogP contribution < -0.4 is 11.2 Å². The Morgan fingerprint density at radius 3 is 2.93 bits per heavy atom. The van der Waals surface area contributed by atoms with Gasteiger partial charge in [0, 0.05) is 12.1 Å². The molecule has 80 valence electrons. The molecule has 4 heteroatoms. The number of benzene rings is 1. The van der Waals surface area contributed by atoms with E-state index in [4.69, 9.17) is 15.0 Å². The Balaban J connectivity index is 2.02. The summed E-state index contributed by atoms with van der Waals surface area (Å²) in [5.74, 6) is 0. The van der Waals surface area contributed by atoms with Crippen LogP contribution in [0.25, 0.3) is 0 Å². The molecule has 1 aliphatic heterocycles. The van der Waals surface area contributed by atoms with E-state index in [0.717, 1.165) is 5.46 Å². The van der Waals surface area contributed by atoms with Crippen LogP contribution in [-0.4, -0.2) is 19.3 Å². The highest BCUT2D eigenvalue weighted by atomic mass is 16.6. The summed E-state index contributed by atoms with van der Waals surface area (Å²) in [7, 11) is -0.246. The van der Waals surface area contributed by atoms with Gasteiger partial charge in [-0.15, -0.1) is 0 Å². The molecule has 1 aromatic carbocycles. The SMILES string of the molecule is CC(C)(N)COB1OCc2ccccc21. The lowest BCUT2D eigenvalue weighted by molar-refractivity contribution is 0.178. The Morgan fingerprint density at radius 2 is 2.20 bits per heavy atom. The second kappa shape index (κ2) is 3.97. The van der Waals surface area contributed by atoms with Crippen molar-refractivity contribution in [1.82, 2.24) is 0 Å². The minimum atomic E-state index is -0.319. The van der Waals surface area contributed by atoms with Crippen molar-refractivity contribution >= 4 is 12.6 Å². The first-order valence-electron chi connectivity index (χ1n) is 5.16. The third-order valence-corrected chi connectivity index (χ3v) is 2.31. The summed E-state index contributed by atoms with van der Waals surface area (Å²) in [6.07, 6.45) is 0. The Hall–Kier alpha value is -0.835. The van der Waals surface area contributed by atoms with Crippen LogP contribution in [0, 0.1) is 0 Å². The van der Waals surface area contributed by atoms with E-state index in [2.05, 4.69) is 6.07 Å². The molecule has 0 aromatic heterocycles. The minimum Gasteiger partial charge on any atom is -0.405 e. The van der Waals surface area contributed by atoms with Gasteiger partial charge >= 0.3 is 7.12 Å². The summed E-state index contributed by atoms with van der Waals surface area (Å²) < 4.78 is 11.2. The zero-order valence-electron chi connectivity index (χ0n) is 9.19. The van der Waals surface area contributed by atoms with Gasteiger partial charge in [-0.25, -0.2) is 0 Å². The molecule has 0 fully saturated rings. The van der Waals surface area contributed by atoms with Gasteiger partial charge in [0.15, 0.2) is 0 Å². The fraction of sp³-hybridized carbons (Fsp3) is 0.455. The molecule has 0 radical (unpaired) electrons. The Kier molecular flexibility index (Phi) is 2.82. The van der Waals surface area contributed by atoms with Crippen molar-refractivity contribution in [2.45, 2.75) is 26.0 Å². The molecule has 2 rings (SSSR count). The summed E-state index contributed by atoms with van der Waals surface area (Å²) in [6, 6.07) is 8.11. The summed E-state index contributed by atoms with van der Waals surface area (Å²) in [6.45, 7) is 5.00. The number of fused-ring (bicyclic) bond motifs is 1. The number of hydrogen-bond acceptors (Lipinski definition) is 3. The lowest BCUT2D eigenvalue weighted by atomic mass is 9.79. The second-order valence-corrected chi connectivity index (χ2v) is 4.64. The van der Waals surface area contributed by atoms with Crippen LogP contribution in [0.15, 0.2) is 24.3 Å². The molecule has 0 unspecified atom stereocenters. The Morgan fingerprint density at radius 1 is 1.47 bits per heavy atom. The summed E-state index contributed by atoms with van der Waals surface area (Å²) in [4.78, 5) is 0. The Bertz CT molecular complexity index is 349. The highest BCUT2D eigenvalue weighted by molar-refractivity contribution is 6.62. The van der Waals surface area contributed by atoms with E-state index in [1.54, 1.807) is 0 Å². The summed E-state index contributed by atoms with van der Waals surface area (Å²) in [5, 5.41) is 0. The van der Waals surface area contributed by atoms with E-state index in [1.807, 2.05) is 32.0 Å². The van der Waals surface area contributed by atoms with Crippen molar-refractivity contribution in [3.05, 3.63) is 29.8 Å². The van der Waals surface area contributed by atoms with Gasteiger partial charge < -0.3 is 15.0 Å². The first-order valence-corrected chi connectivity index (χ1v) is 5.16. The largest absolute Gasteiger partial charge is 0.494 e. The maximum atomic E-state index is 5.85. The molecule has 0 bridgehead atoms. The average Bonchev–Trinajstić information content (AvgIpc) is 2.57. The normalized spacial score (nSPS) is 15.5. The monoisotopic (exact) mass is 205 g/mol. The molecule has 0 saturated carbocycles. The third-order valence-electron chi connectivity index (χ3n) is 2.31. The zero-order chi connectivity index (χ0) is 10.9. The number of rotatable bonds is 3. The molecule has 15 heavy (non-hydrogen) atoms. The molecule has 2 N–H and O–H groups in total. The van der Waals surface area contributed by atoms with E-state index in [0.29, 0.717) is 13.2 Å². The van der Waals surface area contributed by atoms with E-state index in [-0.39, 0.29) is 12.7 Å². The van der Waals surface area contributed by atoms with E-state index in [9.17, 15) is 0 Å². The molecule has 0 aliphatic carbocycles. The topological polar surface area (TPSA) is 44.5 Å². The van der Waals surface area contributed by atoms with Gasteiger partial charge in [0.25, 0.3) is 0 Å². The van der Waals surface area contributed by atoms with Gasteiger partial charge in [0.05, 0.1) is 6.61 Å². The quantitative estimate of drug-likeness (QED) is 0.737. The van der Waals surface area contributed by atoms with Gasteiger partial charge in [-0.05, 0) is 24.9 Å². The molecule has 1 heterocycles. The maximum absolute atomic E-state index is 5.85. The Labute approximate surface area is 90.7 Å². The lowest BCUT2D eigenvalue weighted by Crippen LogP contribution is -2.43. The molecule has 0 spiro atoms. The van der Waals surface area contributed by atoms with Crippen LogP contribution >= 0.6 is 0 Å². The predicted octanol–water partition coefficient (Wildman–Crippen LogP) is 0.666. The average molecular weight is 205 g/mol. The molecule has 0 amide bonds. The molecular weight excluding hydrogens is 189 g/mol. The second-order valence-electron chi connectivity index (χ2n) is 4.64. The van der Waals surface area contributed by atoms with Crippen LogP contribution in [0.3, 0.4) is 0 Å². The predicted molar refractivity (Wildman–Crippen MR) is 60.8 cm³/mol. The van der Waals surface area contributed by atoms with Crippen molar-refractivity contribution in [2.75, 3.05) is 6.61 Å². The highest BCUT2D eigenvalue weighted by Crippen LogP contribution is 2.12. The molecule has 0 saturated heterocycles. The van der Waals surface area contributed by atoms with Crippen LogP contribution in [0.2, 0.25) is 0 Å². The van der Waals surface area contributed by atoms with Crippen LogP contribution in [0.4, 0.5) is 0 Å². The van der Waals surface area contributed by atoms with Crippen molar-refractivity contribution < 1.29 is 9.31 Å². The smallest absolute Gasteiger partial charge is 0.405 e. The van der Waals surface area contributed by atoms with Crippen LogP contribution in [0.1, 0.15) is 19.4 Å². The highest BCUT2D eigenvalue weighted by Gasteiger charge is 2.31. The fourth-order valence-electron chi connectivity index (χ4n) is 1.58. The van der Waals surface area contributed by atoms with Crippen LogP contribution in [-0.2, 0) is 15.9 Å². The molecule has 1 aromatic rings. The van der Waals surface area contributed by atoms with Gasteiger partial charge in [0.1, 0.15) is 0 Å². The minimum absolute atomic E-state index is 0.246. The summed E-state index contributed by atoms with van der Waals surface area (Å²) in [5.41, 5.74) is 7.87. The van der Waals surface area contributed by atoms with Gasteiger partial charge in [-0.1, -0.05) is 24.3 Å². The fourth-order valence-corrected chi connectivity index (χ4v) is 1.58. The third kappa shape index (κ3) is 2.59. The lowest BCUT2D eigenvalue weighted by Gasteiger charge is -2.20. The standard InChI is InChI=1S/C11H16BNO2/c1-11(2,13)8-15-12-10-6-4-3-5-9(10)7-14-12/h3-6H,7-8,13H2,1-2H3. The zero-order valence-corrected chi connectivity index (χ0v) is 9.19. The van der Waals surface area contributed by atoms with Crippen molar-refractivity contribution in [3.8, 4) is 0 Å². The molecule has 1 aliphatic rings. The van der Waals surface area contributed by atoms with Crippen molar-refractivity contribution in [1.29, 1.82) is 0 Å². The van der Waals surface area contributed by atoms with Gasteiger partial charge in [-0.3, -0.25) is 0 Å². The van der Waals surface area contributed by atoms with Crippen molar-refractivity contribution in [3.63, 3.8) is 0 Å². The first kappa shape index (κ1) is 10.7.